The van der Waals surface area contributed by atoms with E-state index in [1.54, 1.807) is 11.3 Å². The monoisotopic (exact) mass is 340 g/mol. The number of aromatic nitrogens is 1. The van der Waals surface area contributed by atoms with Crippen molar-refractivity contribution in [2.24, 2.45) is 10.9 Å². The number of thioether (sulfide) groups is 1. The van der Waals surface area contributed by atoms with Gasteiger partial charge in [0.05, 0.1) is 10.7 Å². The van der Waals surface area contributed by atoms with Crippen LogP contribution in [0.15, 0.2) is 4.99 Å². The molecular weight excluding hydrogens is 312 g/mol. The third-order valence-electron chi connectivity index (χ3n) is 3.98. The van der Waals surface area contributed by atoms with Gasteiger partial charge >= 0.3 is 0 Å². The molecule has 1 fully saturated rings. The van der Waals surface area contributed by atoms with E-state index >= 15 is 0 Å². The van der Waals surface area contributed by atoms with Gasteiger partial charge in [0.1, 0.15) is 0 Å². The number of hydrogen-bond donors (Lipinski definition) is 1. The highest BCUT2D eigenvalue weighted by atomic mass is 32.2. The summed E-state index contributed by atoms with van der Waals surface area (Å²) < 4.78 is 0. The number of guanidine groups is 1. The first-order chi connectivity index (χ1) is 10.5. The molecule has 1 N–H and O–H groups in total. The van der Waals surface area contributed by atoms with Gasteiger partial charge in [0.2, 0.25) is 0 Å². The highest BCUT2D eigenvalue weighted by molar-refractivity contribution is 8.00. The lowest BCUT2D eigenvalue weighted by atomic mass is 10.1. The van der Waals surface area contributed by atoms with E-state index in [0.717, 1.165) is 37.0 Å². The van der Waals surface area contributed by atoms with Crippen molar-refractivity contribution in [2.45, 2.75) is 39.4 Å². The number of nitrogens with one attached hydrogen (secondary N) is 1. The standard InChI is InChI=1S/C16H28N4S2/c1-11(2)15-10-20(8-9-21-15)16(17-5)18-7-6-14-12(3)19-13(4)22-14/h11,15H,6-10H2,1-5H3,(H,17,18). The van der Waals surface area contributed by atoms with E-state index in [2.05, 4.69) is 59.6 Å². The number of hydrogen-bond acceptors (Lipinski definition) is 4. The second kappa shape index (κ2) is 8.20. The minimum atomic E-state index is 0.707. The zero-order valence-electron chi connectivity index (χ0n) is 14.3. The van der Waals surface area contributed by atoms with Crippen LogP contribution in [0.5, 0.6) is 0 Å². The van der Waals surface area contributed by atoms with E-state index < -0.39 is 0 Å². The first-order valence-electron chi connectivity index (χ1n) is 8.01. The molecule has 1 aliphatic rings. The van der Waals surface area contributed by atoms with E-state index in [9.17, 15) is 0 Å². The first kappa shape index (κ1) is 17.6. The van der Waals surface area contributed by atoms with Crippen LogP contribution in [-0.4, -0.2) is 53.5 Å². The van der Waals surface area contributed by atoms with E-state index in [1.807, 2.05) is 7.05 Å². The Morgan fingerprint density at radius 3 is 2.82 bits per heavy atom. The van der Waals surface area contributed by atoms with Crippen LogP contribution in [0.4, 0.5) is 0 Å². The summed E-state index contributed by atoms with van der Waals surface area (Å²) in [6, 6.07) is 0. The van der Waals surface area contributed by atoms with Gasteiger partial charge in [0.25, 0.3) is 0 Å². The van der Waals surface area contributed by atoms with Crippen LogP contribution in [0, 0.1) is 19.8 Å². The fraction of sp³-hybridized carbons (Fsp3) is 0.750. The number of aryl methyl sites for hydroxylation is 2. The molecule has 1 unspecified atom stereocenters. The van der Waals surface area contributed by atoms with Crippen molar-refractivity contribution >= 4 is 29.1 Å². The van der Waals surface area contributed by atoms with Crippen LogP contribution >= 0.6 is 23.1 Å². The fourth-order valence-corrected chi connectivity index (χ4v) is 4.93. The zero-order valence-corrected chi connectivity index (χ0v) is 16.0. The molecule has 1 aromatic heterocycles. The summed E-state index contributed by atoms with van der Waals surface area (Å²) in [4.78, 5) is 12.8. The zero-order chi connectivity index (χ0) is 16.1. The first-order valence-corrected chi connectivity index (χ1v) is 9.88. The summed E-state index contributed by atoms with van der Waals surface area (Å²) in [6.07, 6.45) is 1.02. The number of nitrogens with zero attached hydrogens (tertiary/aromatic N) is 3. The smallest absolute Gasteiger partial charge is 0.193 e. The van der Waals surface area contributed by atoms with Crippen molar-refractivity contribution in [3.63, 3.8) is 0 Å². The van der Waals surface area contributed by atoms with E-state index in [4.69, 9.17) is 0 Å². The molecule has 0 saturated carbocycles. The van der Waals surface area contributed by atoms with Gasteiger partial charge in [-0.05, 0) is 19.8 Å². The molecule has 1 atom stereocenters. The van der Waals surface area contributed by atoms with Crippen molar-refractivity contribution in [3.05, 3.63) is 15.6 Å². The third-order valence-corrected chi connectivity index (χ3v) is 6.66. The Labute approximate surface area is 142 Å². The van der Waals surface area contributed by atoms with E-state index in [1.165, 1.54) is 16.3 Å². The molecule has 2 heterocycles. The molecular formula is C16H28N4S2. The molecule has 0 amide bonds. The average molecular weight is 341 g/mol. The molecule has 124 valence electrons. The highest BCUT2D eigenvalue weighted by Crippen LogP contribution is 2.24. The maximum atomic E-state index is 4.50. The summed E-state index contributed by atoms with van der Waals surface area (Å²) in [7, 11) is 1.89. The molecule has 4 nitrogen and oxygen atoms in total. The van der Waals surface area contributed by atoms with Crippen molar-refractivity contribution in [1.29, 1.82) is 0 Å². The molecule has 6 heteroatoms. The minimum absolute atomic E-state index is 0.707. The molecule has 1 saturated heterocycles. The van der Waals surface area contributed by atoms with Crippen molar-refractivity contribution in [2.75, 3.05) is 32.4 Å². The summed E-state index contributed by atoms with van der Waals surface area (Å²) in [6.45, 7) is 11.9. The molecule has 0 aliphatic carbocycles. The maximum Gasteiger partial charge on any atom is 0.193 e. The van der Waals surface area contributed by atoms with Gasteiger partial charge in [-0.25, -0.2) is 4.98 Å². The maximum absolute atomic E-state index is 4.50. The lowest BCUT2D eigenvalue weighted by Gasteiger charge is -2.36. The third kappa shape index (κ3) is 4.62. The summed E-state index contributed by atoms with van der Waals surface area (Å²) in [5.74, 6) is 2.95. The van der Waals surface area contributed by atoms with Crippen LogP contribution in [-0.2, 0) is 6.42 Å². The molecule has 0 bridgehead atoms. The van der Waals surface area contributed by atoms with E-state index in [0.29, 0.717) is 11.2 Å². The summed E-state index contributed by atoms with van der Waals surface area (Å²) >= 11 is 3.90. The Kier molecular flexibility index (Phi) is 6.56. The summed E-state index contributed by atoms with van der Waals surface area (Å²) in [5.41, 5.74) is 1.17. The molecule has 0 radical (unpaired) electrons. The second-order valence-corrected chi connectivity index (χ2v) is 8.70. The minimum Gasteiger partial charge on any atom is -0.356 e. The van der Waals surface area contributed by atoms with Crippen molar-refractivity contribution < 1.29 is 0 Å². The highest BCUT2D eigenvalue weighted by Gasteiger charge is 2.24. The van der Waals surface area contributed by atoms with Crippen LogP contribution in [0.3, 0.4) is 0 Å². The van der Waals surface area contributed by atoms with Crippen LogP contribution in [0.25, 0.3) is 0 Å². The molecule has 1 aliphatic heterocycles. The number of aliphatic imine (C=N–C) groups is 1. The molecule has 0 spiro atoms. The quantitative estimate of drug-likeness (QED) is 0.676. The predicted octanol–water partition coefficient (Wildman–Crippen LogP) is 2.95. The molecule has 22 heavy (non-hydrogen) atoms. The number of rotatable bonds is 4. The average Bonchev–Trinajstić information content (AvgIpc) is 2.81. The topological polar surface area (TPSA) is 40.5 Å². The van der Waals surface area contributed by atoms with Crippen LogP contribution in [0.2, 0.25) is 0 Å². The Morgan fingerprint density at radius 2 is 2.23 bits per heavy atom. The molecule has 1 aromatic rings. The largest absolute Gasteiger partial charge is 0.356 e. The van der Waals surface area contributed by atoms with E-state index in [-0.39, 0.29) is 0 Å². The summed E-state index contributed by atoms with van der Waals surface area (Å²) in [5, 5.41) is 5.39. The van der Waals surface area contributed by atoms with Gasteiger partial charge in [-0.2, -0.15) is 11.8 Å². The van der Waals surface area contributed by atoms with Gasteiger partial charge in [-0.1, -0.05) is 13.8 Å². The molecule has 0 aromatic carbocycles. The Balaban J connectivity index is 1.86. The van der Waals surface area contributed by atoms with Crippen molar-refractivity contribution in [3.8, 4) is 0 Å². The lowest BCUT2D eigenvalue weighted by molar-refractivity contribution is 0.381. The lowest BCUT2D eigenvalue weighted by Crippen LogP contribution is -2.49. The Morgan fingerprint density at radius 1 is 1.45 bits per heavy atom. The van der Waals surface area contributed by atoms with Crippen LogP contribution < -0.4 is 5.32 Å². The van der Waals surface area contributed by atoms with Crippen molar-refractivity contribution in [1.82, 2.24) is 15.2 Å². The van der Waals surface area contributed by atoms with Gasteiger partial charge in [0.15, 0.2) is 5.96 Å². The molecule has 2 rings (SSSR count). The normalized spacial score (nSPS) is 19.8. The Hall–Kier alpha value is -0.750. The van der Waals surface area contributed by atoms with Gasteiger partial charge in [-0.15, -0.1) is 11.3 Å². The van der Waals surface area contributed by atoms with Gasteiger partial charge < -0.3 is 10.2 Å². The Bertz CT molecular complexity index is 510. The number of thiazole rings is 1. The van der Waals surface area contributed by atoms with Crippen LogP contribution in [0.1, 0.15) is 29.4 Å². The van der Waals surface area contributed by atoms with Gasteiger partial charge in [-0.3, -0.25) is 4.99 Å². The fourth-order valence-electron chi connectivity index (χ4n) is 2.70. The SMILES string of the molecule is CN=C(NCCc1sc(C)nc1C)N1CCSC(C(C)C)C1. The predicted molar refractivity (Wildman–Crippen MR) is 99.3 cm³/mol. The van der Waals surface area contributed by atoms with Gasteiger partial charge in [0, 0.05) is 49.0 Å². The second-order valence-electron chi connectivity index (χ2n) is 6.06.